The molecule has 0 aromatic carbocycles. The van der Waals surface area contributed by atoms with E-state index < -0.39 is 10.0 Å². The molecular formula is C13H19N3O4S. The normalized spacial score (nSPS) is 12.1. The Kier molecular flexibility index (Phi) is 5.16. The minimum absolute atomic E-state index is 0.0560. The molecule has 2 aromatic heterocycles. The lowest BCUT2D eigenvalue weighted by Gasteiger charge is -2.05. The van der Waals surface area contributed by atoms with Crippen LogP contribution in [0.4, 0.5) is 0 Å². The highest BCUT2D eigenvalue weighted by Gasteiger charge is 2.18. The van der Waals surface area contributed by atoms with E-state index in [-0.39, 0.29) is 11.6 Å². The molecule has 2 aromatic rings. The summed E-state index contributed by atoms with van der Waals surface area (Å²) in [5.41, 5.74) is 0.504. The molecule has 0 bridgehead atoms. The number of hydrogen-bond donors (Lipinski definition) is 2. The van der Waals surface area contributed by atoms with Crippen LogP contribution >= 0.6 is 0 Å². The van der Waals surface area contributed by atoms with Gasteiger partial charge in [0.15, 0.2) is 0 Å². The minimum atomic E-state index is -3.68. The number of sulfonamides is 1. The van der Waals surface area contributed by atoms with Gasteiger partial charge in [0.2, 0.25) is 5.09 Å². The van der Waals surface area contributed by atoms with E-state index in [4.69, 9.17) is 4.42 Å². The predicted molar refractivity (Wildman–Crippen MR) is 75.8 cm³/mol. The summed E-state index contributed by atoms with van der Waals surface area (Å²) in [6, 6.07) is 4.68. The Bertz CT molecular complexity index is 647. The van der Waals surface area contributed by atoms with Crippen molar-refractivity contribution >= 4 is 10.0 Å². The van der Waals surface area contributed by atoms with E-state index in [1.807, 2.05) is 0 Å². The van der Waals surface area contributed by atoms with Crippen molar-refractivity contribution in [3.63, 3.8) is 0 Å². The summed E-state index contributed by atoms with van der Waals surface area (Å²) in [4.78, 5) is 0. The van der Waals surface area contributed by atoms with Crippen molar-refractivity contribution in [3.8, 4) is 0 Å². The van der Waals surface area contributed by atoms with Gasteiger partial charge in [-0.05, 0) is 24.6 Å². The highest BCUT2D eigenvalue weighted by Crippen LogP contribution is 2.14. The van der Waals surface area contributed by atoms with Crippen LogP contribution in [0, 0.1) is 5.92 Å². The third-order valence-corrected chi connectivity index (χ3v) is 3.96. The van der Waals surface area contributed by atoms with Crippen LogP contribution in [-0.2, 0) is 23.1 Å². The molecular weight excluding hydrogens is 294 g/mol. The van der Waals surface area contributed by atoms with Gasteiger partial charge >= 0.3 is 0 Å². The number of rotatable bonds is 8. The second-order valence-electron chi connectivity index (χ2n) is 5.06. The van der Waals surface area contributed by atoms with E-state index in [0.29, 0.717) is 23.9 Å². The van der Waals surface area contributed by atoms with Crippen LogP contribution in [0.25, 0.3) is 0 Å². The fraction of sp³-hybridized carbons (Fsp3) is 0.462. The van der Waals surface area contributed by atoms with Gasteiger partial charge in [0.25, 0.3) is 10.0 Å². The Labute approximate surface area is 123 Å². The van der Waals surface area contributed by atoms with E-state index in [1.54, 1.807) is 12.1 Å². The molecule has 0 amide bonds. The Balaban J connectivity index is 1.92. The van der Waals surface area contributed by atoms with Crippen LogP contribution in [0.5, 0.6) is 0 Å². The van der Waals surface area contributed by atoms with Crippen molar-refractivity contribution in [2.24, 2.45) is 5.92 Å². The number of nitrogens with zero attached hydrogens (tertiary/aromatic N) is 1. The van der Waals surface area contributed by atoms with Crippen molar-refractivity contribution in [1.82, 2.24) is 15.2 Å². The number of nitrogens with one attached hydrogen (secondary N) is 2. The lowest BCUT2D eigenvalue weighted by Crippen LogP contribution is -2.23. The monoisotopic (exact) mass is 313 g/mol. The average Bonchev–Trinajstić information content (AvgIpc) is 3.07. The second kappa shape index (κ2) is 6.88. The molecule has 0 aliphatic heterocycles. The Morgan fingerprint density at radius 1 is 1.24 bits per heavy atom. The van der Waals surface area contributed by atoms with Crippen molar-refractivity contribution in [2.45, 2.75) is 32.0 Å². The molecule has 21 heavy (non-hydrogen) atoms. The largest absolute Gasteiger partial charge is 0.447 e. The van der Waals surface area contributed by atoms with Crippen molar-refractivity contribution < 1.29 is 17.4 Å². The zero-order valence-corrected chi connectivity index (χ0v) is 12.8. The zero-order chi connectivity index (χ0) is 15.3. The summed E-state index contributed by atoms with van der Waals surface area (Å²) >= 11 is 0. The van der Waals surface area contributed by atoms with Gasteiger partial charge in [0.1, 0.15) is 12.0 Å². The molecule has 0 saturated carbocycles. The fourth-order valence-electron chi connectivity index (χ4n) is 1.65. The molecule has 0 atom stereocenters. The summed E-state index contributed by atoms with van der Waals surface area (Å²) in [5, 5.41) is 6.72. The molecule has 116 valence electrons. The van der Waals surface area contributed by atoms with Crippen molar-refractivity contribution in [1.29, 1.82) is 0 Å². The smallest absolute Gasteiger partial charge is 0.274 e. The quantitative estimate of drug-likeness (QED) is 0.766. The topological polar surface area (TPSA) is 97.4 Å². The lowest BCUT2D eigenvalue weighted by atomic mass is 10.2. The standard InChI is InChI=1S/C13H19N3O4S/c1-10(2)7-14-9-12-3-4-13(20-12)21(17,18)15-8-11-5-6-19-16-11/h3-6,10,14-15H,7-9H2,1-2H3. The second-order valence-corrected chi connectivity index (χ2v) is 6.76. The molecule has 0 unspecified atom stereocenters. The van der Waals surface area contributed by atoms with E-state index in [2.05, 4.69) is 33.6 Å². The maximum absolute atomic E-state index is 12.0. The maximum Gasteiger partial charge on any atom is 0.274 e. The van der Waals surface area contributed by atoms with Gasteiger partial charge in [0, 0.05) is 6.07 Å². The molecule has 0 aliphatic rings. The van der Waals surface area contributed by atoms with Gasteiger partial charge in [0.05, 0.1) is 18.8 Å². The Hall–Kier alpha value is -1.64. The molecule has 2 rings (SSSR count). The SMILES string of the molecule is CC(C)CNCc1ccc(S(=O)(=O)NCc2ccon2)o1. The third-order valence-electron chi connectivity index (χ3n) is 2.69. The van der Waals surface area contributed by atoms with E-state index in [1.165, 1.54) is 12.3 Å². The lowest BCUT2D eigenvalue weighted by molar-refractivity contribution is 0.393. The molecule has 7 nitrogen and oxygen atoms in total. The Morgan fingerprint density at radius 3 is 2.71 bits per heavy atom. The maximum atomic E-state index is 12.0. The molecule has 8 heteroatoms. The van der Waals surface area contributed by atoms with E-state index >= 15 is 0 Å². The summed E-state index contributed by atoms with van der Waals surface area (Å²) < 4.78 is 36.5. The Morgan fingerprint density at radius 2 is 2.05 bits per heavy atom. The zero-order valence-electron chi connectivity index (χ0n) is 12.0. The minimum Gasteiger partial charge on any atom is -0.447 e. The van der Waals surface area contributed by atoms with Gasteiger partial charge in [-0.25, -0.2) is 13.1 Å². The first kappa shape index (κ1) is 15.7. The van der Waals surface area contributed by atoms with Crippen LogP contribution in [0.15, 0.2) is 38.5 Å². The third kappa shape index (κ3) is 4.69. The average molecular weight is 313 g/mol. The van der Waals surface area contributed by atoms with Gasteiger partial charge in [-0.15, -0.1) is 0 Å². The fourth-order valence-corrected chi connectivity index (χ4v) is 2.59. The molecule has 0 saturated heterocycles. The van der Waals surface area contributed by atoms with Crippen LogP contribution in [0.1, 0.15) is 25.3 Å². The summed E-state index contributed by atoms with van der Waals surface area (Å²) in [7, 11) is -3.68. The van der Waals surface area contributed by atoms with Crippen LogP contribution in [-0.4, -0.2) is 20.1 Å². The number of aromatic nitrogens is 1. The predicted octanol–water partition coefficient (Wildman–Crippen LogP) is 1.49. The molecule has 2 N–H and O–H groups in total. The van der Waals surface area contributed by atoms with Crippen LogP contribution in [0.2, 0.25) is 0 Å². The van der Waals surface area contributed by atoms with Crippen molar-refractivity contribution in [3.05, 3.63) is 35.9 Å². The number of hydrogen-bond acceptors (Lipinski definition) is 6. The van der Waals surface area contributed by atoms with Gasteiger partial charge in [-0.3, -0.25) is 0 Å². The van der Waals surface area contributed by atoms with Crippen LogP contribution < -0.4 is 10.0 Å². The summed E-state index contributed by atoms with van der Waals surface area (Å²) in [5.74, 6) is 1.10. The van der Waals surface area contributed by atoms with Crippen LogP contribution in [0.3, 0.4) is 0 Å². The molecule has 2 heterocycles. The highest BCUT2D eigenvalue weighted by molar-refractivity contribution is 7.89. The summed E-state index contributed by atoms with van der Waals surface area (Å²) in [6.45, 7) is 5.59. The van der Waals surface area contributed by atoms with Gasteiger partial charge in [-0.2, -0.15) is 0 Å². The summed E-state index contributed by atoms with van der Waals surface area (Å²) in [6.07, 6.45) is 1.38. The molecule has 0 aliphatic carbocycles. The first-order valence-corrected chi connectivity index (χ1v) is 8.14. The first-order valence-electron chi connectivity index (χ1n) is 6.66. The molecule has 0 radical (unpaired) electrons. The van der Waals surface area contributed by atoms with E-state index in [9.17, 15) is 8.42 Å². The van der Waals surface area contributed by atoms with Gasteiger partial charge in [-0.1, -0.05) is 19.0 Å². The van der Waals surface area contributed by atoms with Crippen molar-refractivity contribution in [2.75, 3.05) is 6.54 Å². The number of furan rings is 1. The van der Waals surface area contributed by atoms with E-state index in [0.717, 1.165) is 6.54 Å². The molecule has 0 spiro atoms. The van der Waals surface area contributed by atoms with Gasteiger partial charge < -0.3 is 14.3 Å². The highest BCUT2D eigenvalue weighted by atomic mass is 32.2. The molecule has 0 fully saturated rings. The first-order chi connectivity index (χ1) is 9.97.